The van der Waals surface area contributed by atoms with Crippen LogP contribution in [0.15, 0.2) is 24.3 Å². The van der Waals surface area contributed by atoms with Crippen molar-refractivity contribution in [3.05, 3.63) is 29.8 Å². The maximum atomic E-state index is 13.0. The Labute approximate surface area is 199 Å². The predicted molar refractivity (Wildman–Crippen MR) is 122 cm³/mol. The van der Waals surface area contributed by atoms with Gasteiger partial charge in [-0.3, -0.25) is 9.59 Å². The van der Waals surface area contributed by atoms with E-state index in [2.05, 4.69) is 0 Å². The molecule has 1 atom stereocenters. The summed E-state index contributed by atoms with van der Waals surface area (Å²) in [5, 5.41) is -0.816. The molecule has 0 N–H and O–H groups in total. The minimum Gasteiger partial charge on any atom is -0.444 e. The molecule has 1 aromatic rings. The van der Waals surface area contributed by atoms with Crippen molar-refractivity contribution in [1.82, 2.24) is 9.80 Å². The van der Waals surface area contributed by atoms with Gasteiger partial charge in [0.15, 0.2) is 0 Å². The highest BCUT2D eigenvalue weighted by molar-refractivity contribution is 8.23. The van der Waals surface area contributed by atoms with Gasteiger partial charge in [0, 0.05) is 32.6 Å². The Morgan fingerprint density at radius 3 is 2.27 bits per heavy atom. The van der Waals surface area contributed by atoms with E-state index in [1.165, 1.54) is 6.07 Å². The number of alkyl halides is 3. The minimum atomic E-state index is -4.58. The molecular weight excluding hydrogens is 479 g/mol. The molecule has 2 fully saturated rings. The maximum Gasteiger partial charge on any atom is 0.416 e. The average molecular weight is 504 g/mol. The minimum absolute atomic E-state index is 0.111. The molecule has 0 aliphatic carbocycles. The fourth-order valence-corrected chi connectivity index (χ4v) is 4.92. The highest BCUT2D eigenvalue weighted by Gasteiger charge is 2.42. The number of imide groups is 1. The van der Waals surface area contributed by atoms with Crippen molar-refractivity contribution in [2.75, 3.05) is 31.1 Å². The highest BCUT2D eigenvalue weighted by atomic mass is 32.2. The number of carbonyl (C=O) groups excluding carboxylic acids is 3. The first-order valence-corrected chi connectivity index (χ1v) is 11.5. The number of piperazine rings is 1. The molecule has 0 radical (unpaired) electrons. The van der Waals surface area contributed by atoms with Crippen molar-refractivity contribution >= 4 is 51.9 Å². The normalized spacial score (nSPS) is 19.8. The fourth-order valence-electron chi connectivity index (χ4n) is 3.38. The molecule has 0 bridgehead atoms. The van der Waals surface area contributed by atoms with Crippen LogP contribution in [0, 0.1) is 0 Å². The van der Waals surface area contributed by atoms with E-state index in [4.69, 9.17) is 17.0 Å². The first kappa shape index (κ1) is 25.3. The van der Waals surface area contributed by atoms with E-state index in [9.17, 15) is 27.6 Å². The molecule has 2 aliphatic heterocycles. The topological polar surface area (TPSA) is 70.2 Å². The lowest BCUT2D eigenvalue weighted by atomic mass is 10.2. The summed E-state index contributed by atoms with van der Waals surface area (Å²) < 4.78 is 44.8. The van der Waals surface area contributed by atoms with Gasteiger partial charge in [-0.15, -0.1) is 0 Å². The van der Waals surface area contributed by atoms with Crippen LogP contribution in [0.25, 0.3) is 0 Å². The smallest absolute Gasteiger partial charge is 0.416 e. The van der Waals surface area contributed by atoms with Crippen LogP contribution in [-0.4, -0.2) is 69.1 Å². The highest BCUT2D eigenvalue weighted by Crippen LogP contribution is 2.35. The Bertz CT molecular complexity index is 957. The van der Waals surface area contributed by atoms with E-state index in [1.807, 2.05) is 4.90 Å². The standard InChI is InChI=1S/C21H24F3N3O4S2/c1-20(2,3)31-18(30)25-7-9-26(10-8-25)19(32)33-15-12-16(28)27(17(15)29)14-6-4-5-13(11-14)21(22,23)24/h4-6,11,15H,7-10,12H2,1-3H3/t15-/m1/s1. The van der Waals surface area contributed by atoms with Crippen LogP contribution in [0.2, 0.25) is 0 Å². The Morgan fingerprint density at radius 2 is 1.70 bits per heavy atom. The van der Waals surface area contributed by atoms with Crippen molar-refractivity contribution in [3.63, 3.8) is 0 Å². The number of anilines is 1. The van der Waals surface area contributed by atoms with Crippen LogP contribution < -0.4 is 4.90 Å². The lowest BCUT2D eigenvalue weighted by Crippen LogP contribution is -2.51. The van der Waals surface area contributed by atoms with Crippen LogP contribution in [0.4, 0.5) is 23.7 Å². The number of carbonyl (C=O) groups is 3. The van der Waals surface area contributed by atoms with Crippen LogP contribution in [0.3, 0.4) is 0 Å². The number of rotatable bonds is 2. The summed E-state index contributed by atoms with van der Waals surface area (Å²) in [6, 6.07) is 4.13. The second-order valence-electron chi connectivity index (χ2n) is 8.65. The number of amides is 3. The van der Waals surface area contributed by atoms with Crippen LogP contribution in [0.1, 0.15) is 32.8 Å². The van der Waals surface area contributed by atoms with Crippen molar-refractivity contribution in [2.45, 2.75) is 44.2 Å². The molecule has 33 heavy (non-hydrogen) atoms. The van der Waals surface area contributed by atoms with Gasteiger partial charge in [0.2, 0.25) is 11.8 Å². The number of halogens is 3. The number of thioether (sulfide) groups is 1. The van der Waals surface area contributed by atoms with Crippen LogP contribution >= 0.6 is 24.0 Å². The molecule has 12 heteroatoms. The molecular formula is C21H24F3N3O4S2. The zero-order valence-corrected chi connectivity index (χ0v) is 20.0. The molecule has 0 unspecified atom stereocenters. The third-order valence-electron chi connectivity index (χ3n) is 4.97. The average Bonchev–Trinajstić information content (AvgIpc) is 2.99. The molecule has 0 aromatic heterocycles. The number of thiocarbonyl (C=S) groups is 1. The van der Waals surface area contributed by atoms with Crippen molar-refractivity contribution in [3.8, 4) is 0 Å². The number of hydrogen-bond donors (Lipinski definition) is 0. The zero-order chi connectivity index (χ0) is 24.6. The van der Waals surface area contributed by atoms with Gasteiger partial charge in [-0.1, -0.05) is 30.0 Å². The van der Waals surface area contributed by atoms with Gasteiger partial charge in [0.25, 0.3) is 0 Å². The van der Waals surface area contributed by atoms with E-state index < -0.39 is 40.5 Å². The number of ether oxygens (including phenoxy) is 1. The Balaban J connectivity index is 1.59. The summed E-state index contributed by atoms with van der Waals surface area (Å²) in [5.74, 6) is -1.17. The summed E-state index contributed by atoms with van der Waals surface area (Å²) in [5.41, 5.74) is -1.64. The molecule has 0 saturated carbocycles. The Kier molecular flexibility index (Phi) is 7.27. The molecule has 3 amide bonds. The summed E-state index contributed by atoms with van der Waals surface area (Å²) >= 11 is 6.48. The number of nitrogens with zero attached hydrogens (tertiary/aromatic N) is 3. The molecule has 2 aliphatic rings. The largest absolute Gasteiger partial charge is 0.444 e. The molecule has 1 aromatic carbocycles. The van der Waals surface area contributed by atoms with Crippen LogP contribution in [0.5, 0.6) is 0 Å². The second-order valence-corrected chi connectivity index (χ2v) is 10.5. The third kappa shape index (κ3) is 6.17. The first-order valence-electron chi connectivity index (χ1n) is 10.2. The van der Waals surface area contributed by atoms with Gasteiger partial charge in [0.1, 0.15) is 15.2 Å². The van der Waals surface area contributed by atoms with Crippen molar-refractivity contribution in [2.24, 2.45) is 0 Å². The van der Waals surface area contributed by atoms with E-state index in [-0.39, 0.29) is 12.1 Å². The number of hydrogen-bond acceptors (Lipinski definition) is 6. The van der Waals surface area contributed by atoms with Crippen molar-refractivity contribution < 1.29 is 32.3 Å². The van der Waals surface area contributed by atoms with E-state index >= 15 is 0 Å². The van der Waals surface area contributed by atoms with Gasteiger partial charge in [-0.25, -0.2) is 9.69 Å². The van der Waals surface area contributed by atoms with Gasteiger partial charge in [0.05, 0.1) is 11.3 Å². The molecule has 2 heterocycles. The van der Waals surface area contributed by atoms with Gasteiger partial charge < -0.3 is 14.5 Å². The molecule has 0 spiro atoms. The second kappa shape index (κ2) is 9.49. The quantitative estimate of drug-likeness (QED) is 0.448. The molecule has 180 valence electrons. The predicted octanol–water partition coefficient (Wildman–Crippen LogP) is 3.91. The lowest BCUT2D eigenvalue weighted by molar-refractivity contribution is -0.137. The van der Waals surface area contributed by atoms with Gasteiger partial charge in [-0.2, -0.15) is 13.2 Å². The Morgan fingerprint density at radius 1 is 1.09 bits per heavy atom. The van der Waals surface area contributed by atoms with Crippen LogP contribution in [-0.2, 0) is 20.5 Å². The molecule has 3 rings (SSSR count). The van der Waals surface area contributed by atoms with E-state index in [0.29, 0.717) is 30.5 Å². The monoisotopic (exact) mass is 503 g/mol. The summed E-state index contributed by atoms with van der Waals surface area (Å²) in [4.78, 5) is 41.7. The maximum absolute atomic E-state index is 13.0. The molecule has 7 nitrogen and oxygen atoms in total. The number of benzene rings is 1. The zero-order valence-electron chi connectivity index (χ0n) is 18.3. The summed E-state index contributed by atoms with van der Waals surface area (Å²) in [6.45, 7) is 7.03. The summed E-state index contributed by atoms with van der Waals surface area (Å²) in [7, 11) is 0. The lowest BCUT2D eigenvalue weighted by Gasteiger charge is -2.36. The SMILES string of the molecule is CC(C)(C)OC(=O)N1CCN(C(=S)S[C@@H]2CC(=O)N(c3cccc(C(F)(F)F)c3)C2=O)CC1. The van der Waals surface area contributed by atoms with E-state index in [0.717, 1.165) is 34.9 Å². The Hall–Kier alpha value is -2.34. The van der Waals surface area contributed by atoms with Gasteiger partial charge >= 0.3 is 12.3 Å². The fraction of sp³-hybridized carbons (Fsp3) is 0.524. The summed E-state index contributed by atoms with van der Waals surface area (Å²) in [6.07, 6.45) is -5.15. The molecule has 2 saturated heterocycles. The van der Waals surface area contributed by atoms with E-state index in [1.54, 1.807) is 25.7 Å². The third-order valence-corrected chi connectivity index (χ3v) is 6.63. The van der Waals surface area contributed by atoms with Gasteiger partial charge in [-0.05, 0) is 39.0 Å². The van der Waals surface area contributed by atoms with Crippen molar-refractivity contribution in [1.29, 1.82) is 0 Å². The first-order chi connectivity index (χ1) is 15.3.